The number of hydrogen-bond acceptors (Lipinski definition) is 4. The molecule has 0 bridgehead atoms. The van der Waals surface area contributed by atoms with E-state index in [0.717, 1.165) is 0 Å². The highest BCUT2D eigenvalue weighted by Crippen LogP contribution is 2.08. The zero-order chi connectivity index (χ0) is 15.8. The van der Waals surface area contributed by atoms with Crippen LogP contribution in [0.2, 0.25) is 0 Å². The van der Waals surface area contributed by atoms with Crippen molar-refractivity contribution in [2.24, 2.45) is 0 Å². The summed E-state index contributed by atoms with van der Waals surface area (Å²) in [5.41, 5.74) is 4.67. The number of halogens is 1. The van der Waals surface area contributed by atoms with Crippen LogP contribution in [0.5, 0.6) is 0 Å². The minimum absolute atomic E-state index is 0.0516. The first-order valence-corrected chi connectivity index (χ1v) is 6.16. The average molecular weight is 296 g/mol. The van der Waals surface area contributed by atoms with E-state index in [4.69, 9.17) is 0 Å². The summed E-state index contributed by atoms with van der Waals surface area (Å²) >= 11 is 0. The van der Waals surface area contributed by atoms with Crippen LogP contribution < -0.4 is 16.2 Å². The third kappa shape index (κ3) is 7.02. The fourth-order valence-corrected chi connectivity index (χ4v) is 1.51. The topological polar surface area (TPSA) is 90.5 Å². The van der Waals surface area contributed by atoms with Gasteiger partial charge in [-0.25, -0.2) is 4.39 Å². The van der Waals surface area contributed by atoms with Crippen molar-refractivity contribution in [2.75, 3.05) is 25.5 Å². The highest BCUT2D eigenvalue weighted by atomic mass is 19.1. The van der Waals surface area contributed by atoms with Gasteiger partial charge in [-0.15, -0.1) is 0 Å². The summed E-state index contributed by atoms with van der Waals surface area (Å²) in [5, 5.41) is 2.52. The van der Waals surface area contributed by atoms with E-state index in [0.29, 0.717) is 5.69 Å². The molecule has 0 atom stereocenters. The summed E-state index contributed by atoms with van der Waals surface area (Å²) in [6.45, 7) is 1.14. The molecule has 1 aromatic carbocycles. The smallest absolute Gasteiger partial charge is 0.252 e. The highest BCUT2D eigenvalue weighted by Gasteiger charge is 2.11. The lowest BCUT2D eigenvalue weighted by Crippen LogP contribution is -2.46. The molecule has 0 radical (unpaired) electrons. The van der Waals surface area contributed by atoms with Gasteiger partial charge in [0.15, 0.2) is 0 Å². The van der Waals surface area contributed by atoms with Crippen LogP contribution in [0, 0.1) is 5.82 Å². The fourth-order valence-electron chi connectivity index (χ4n) is 1.51. The minimum atomic E-state index is -0.453. The third-order valence-electron chi connectivity index (χ3n) is 2.31. The molecule has 0 aliphatic rings. The molecule has 0 unspecified atom stereocenters. The summed E-state index contributed by atoms with van der Waals surface area (Å²) < 4.78 is 13.0. The van der Waals surface area contributed by atoms with Crippen molar-refractivity contribution < 1.29 is 18.8 Å². The van der Waals surface area contributed by atoms with Gasteiger partial charge in [0, 0.05) is 12.6 Å². The molecule has 0 saturated carbocycles. The first-order valence-electron chi connectivity index (χ1n) is 6.16. The fraction of sp³-hybridized carbons (Fsp3) is 0.308. The molecule has 0 aliphatic heterocycles. The van der Waals surface area contributed by atoms with Crippen LogP contribution in [0.25, 0.3) is 0 Å². The predicted molar refractivity (Wildman–Crippen MR) is 74.5 cm³/mol. The SMILES string of the molecule is CC(=O)NNC(=O)CN(C)CC(=O)Nc1cccc(F)c1. The summed E-state index contributed by atoms with van der Waals surface area (Å²) in [6, 6.07) is 5.51. The zero-order valence-electron chi connectivity index (χ0n) is 11.8. The summed E-state index contributed by atoms with van der Waals surface area (Å²) in [4.78, 5) is 35.2. The maximum Gasteiger partial charge on any atom is 0.252 e. The minimum Gasteiger partial charge on any atom is -0.325 e. The monoisotopic (exact) mass is 296 g/mol. The molecule has 0 heterocycles. The van der Waals surface area contributed by atoms with Crippen LogP contribution in [0.4, 0.5) is 10.1 Å². The van der Waals surface area contributed by atoms with Crippen molar-refractivity contribution in [3.05, 3.63) is 30.1 Å². The van der Waals surface area contributed by atoms with Gasteiger partial charge < -0.3 is 5.32 Å². The second kappa shape index (κ2) is 7.95. The maximum atomic E-state index is 13.0. The van der Waals surface area contributed by atoms with Gasteiger partial charge >= 0.3 is 0 Å². The summed E-state index contributed by atoms with van der Waals surface area (Å²) in [7, 11) is 1.57. The van der Waals surface area contributed by atoms with Crippen molar-refractivity contribution in [1.29, 1.82) is 0 Å². The second-order valence-electron chi connectivity index (χ2n) is 4.46. The Morgan fingerprint density at radius 3 is 2.43 bits per heavy atom. The van der Waals surface area contributed by atoms with Crippen molar-refractivity contribution in [1.82, 2.24) is 15.8 Å². The second-order valence-corrected chi connectivity index (χ2v) is 4.46. The number of nitrogens with one attached hydrogen (secondary N) is 3. The molecule has 21 heavy (non-hydrogen) atoms. The van der Waals surface area contributed by atoms with Gasteiger partial charge in [0.1, 0.15) is 5.82 Å². The molecular formula is C13H17FN4O3. The zero-order valence-corrected chi connectivity index (χ0v) is 11.8. The average Bonchev–Trinajstić information content (AvgIpc) is 2.35. The quantitative estimate of drug-likeness (QED) is 0.660. The highest BCUT2D eigenvalue weighted by molar-refractivity contribution is 5.92. The molecule has 0 spiro atoms. The number of anilines is 1. The van der Waals surface area contributed by atoms with Crippen molar-refractivity contribution in [2.45, 2.75) is 6.92 Å². The Morgan fingerprint density at radius 2 is 1.81 bits per heavy atom. The molecule has 1 aromatic rings. The van der Waals surface area contributed by atoms with Gasteiger partial charge in [0.2, 0.25) is 11.8 Å². The van der Waals surface area contributed by atoms with E-state index in [1.54, 1.807) is 13.1 Å². The van der Waals surface area contributed by atoms with Crippen LogP contribution in [-0.2, 0) is 14.4 Å². The van der Waals surface area contributed by atoms with E-state index in [1.165, 1.54) is 30.0 Å². The molecule has 114 valence electrons. The number of nitrogens with zero attached hydrogens (tertiary/aromatic N) is 1. The maximum absolute atomic E-state index is 13.0. The molecule has 7 nitrogen and oxygen atoms in total. The molecule has 3 amide bonds. The van der Waals surface area contributed by atoms with E-state index in [2.05, 4.69) is 16.2 Å². The lowest BCUT2D eigenvalue weighted by Gasteiger charge is -2.16. The van der Waals surface area contributed by atoms with Gasteiger partial charge in [-0.1, -0.05) is 6.07 Å². The molecule has 8 heteroatoms. The normalized spacial score (nSPS) is 10.1. The number of amides is 3. The number of carbonyl (C=O) groups is 3. The van der Waals surface area contributed by atoms with Gasteiger partial charge in [-0.3, -0.25) is 30.1 Å². The number of rotatable bonds is 5. The summed E-state index contributed by atoms with van der Waals surface area (Å²) in [5.74, 6) is -1.67. The molecule has 0 fully saturated rings. The standard InChI is InChI=1S/C13H17FN4O3/c1-9(19)16-17-13(21)8-18(2)7-12(20)15-11-5-3-4-10(14)6-11/h3-6H,7-8H2,1-2H3,(H,15,20)(H,16,19)(H,17,21). The number of likely N-dealkylation sites (N-methyl/N-ethyl adjacent to an activating group) is 1. The van der Waals surface area contributed by atoms with E-state index in [-0.39, 0.29) is 19.0 Å². The van der Waals surface area contributed by atoms with E-state index >= 15 is 0 Å². The molecule has 3 N–H and O–H groups in total. The lowest BCUT2D eigenvalue weighted by atomic mass is 10.3. The Labute approximate surface area is 121 Å². The van der Waals surface area contributed by atoms with Crippen LogP contribution >= 0.6 is 0 Å². The van der Waals surface area contributed by atoms with Crippen LogP contribution in [0.15, 0.2) is 24.3 Å². The number of carbonyl (C=O) groups excluding carboxylic acids is 3. The Morgan fingerprint density at radius 1 is 1.14 bits per heavy atom. The third-order valence-corrected chi connectivity index (χ3v) is 2.31. The van der Waals surface area contributed by atoms with Gasteiger partial charge in [-0.2, -0.15) is 0 Å². The summed E-state index contributed by atoms with van der Waals surface area (Å²) in [6.07, 6.45) is 0. The Balaban J connectivity index is 2.36. The van der Waals surface area contributed by atoms with Crippen molar-refractivity contribution in [3.8, 4) is 0 Å². The van der Waals surface area contributed by atoms with Crippen molar-refractivity contribution in [3.63, 3.8) is 0 Å². The Hall–Kier alpha value is -2.48. The van der Waals surface area contributed by atoms with Crippen LogP contribution in [-0.4, -0.2) is 42.8 Å². The van der Waals surface area contributed by atoms with Crippen molar-refractivity contribution >= 4 is 23.4 Å². The van der Waals surface area contributed by atoms with Gasteiger partial charge in [0.25, 0.3) is 5.91 Å². The van der Waals surface area contributed by atoms with E-state index in [1.807, 2.05) is 0 Å². The molecule has 0 aromatic heterocycles. The Bertz CT molecular complexity index is 536. The molecule has 0 saturated heterocycles. The van der Waals surface area contributed by atoms with Crippen LogP contribution in [0.1, 0.15) is 6.92 Å². The number of hydrazine groups is 1. The first kappa shape index (κ1) is 16.6. The Kier molecular flexibility index (Phi) is 6.28. The number of hydrogen-bond donors (Lipinski definition) is 3. The van der Waals surface area contributed by atoms with Gasteiger partial charge in [-0.05, 0) is 25.2 Å². The predicted octanol–water partition coefficient (Wildman–Crippen LogP) is -0.137. The number of benzene rings is 1. The molecule has 1 rings (SSSR count). The first-order chi connectivity index (χ1) is 9.86. The van der Waals surface area contributed by atoms with Crippen LogP contribution in [0.3, 0.4) is 0 Å². The lowest BCUT2D eigenvalue weighted by molar-refractivity contribution is -0.128. The molecule has 0 aliphatic carbocycles. The van der Waals surface area contributed by atoms with E-state index in [9.17, 15) is 18.8 Å². The van der Waals surface area contributed by atoms with Gasteiger partial charge in [0.05, 0.1) is 13.1 Å². The van der Waals surface area contributed by atoms with E-state index < -0.39 is 17.6 Å². The largest absolute Gasteiger partial charge is 0.325 e. The molecular weight excluding hydrogens is 279 g/mol.